The molecule has 0 unspecified atom stereocenters. The van der Waals surface area contributed by atoms with Gasteiger partial charge >= 0.3 is 0 Å². The van der Waals surface area contributed by atoms with Gasteiger partial charge in [-0.25, -0.2) is 0 Å². The number of nitrogen functional groups attached to an aromatic ring is 1. The molecular weight excluding hydrogens is 256 g/mol. The van der Waals surface area contributed by atoms with Crippen LogP contribution in [-0.4, -0.2) is 22.6 Å². The summed E-state index contributed by atoms with van der Waals surface area (Å²) in [5.41, 5.74) is 6.63. The maximum atomic E-state index is 12.3. The SMILES string of the molecule is CC(C)(C(=O)NCCc1ncno1)c1ccc(N)cc1. The van der Waals surface area contributed by atoms with E-state index < -0.39 is 5.41 Å². The second-order valence-electron chi connectivity index (χ2n) is 5.09. The zero-order chi connectivity index (χ0) is 14.6. The molecule has 0 aliphatic carbocycles. The van der Waals surface area contributed by atoms with Crippen molar-refractivity contribution in [3.05, 3.63) is 42.0 Å². The van der Waals surface area contributed by atoms with E-state index in [1.165, 1.54) is 6.33 Å². The van der Waals surface area contributed by atoms with Crippen LogP contribution in [0.25, 0.3) is 0 Å². The second kappa shape index (κ2) is 5.73. The molecule has 0 saturated heterocycles. The van der Waals surface area contributed by atoms with E-state index in [0.717, 1.165) is 5.56 Å². The molecule has 0 aliphatic rings. The molecule has 0 aliphatic heterocycles. The molecule has 1 amide bonds. The van der Waals surface area contributed by atoms with Gasteiger partial charge in [0, 0.05) is 18.7 Å². The zero-order valence-electron chi connectivity index (χ0n) is 11.6. The molecule has 2 rings (SSSR count). The Morgan fingerprint density at radius 3 is 2.65 bits per heavy atom. The van der Waals surface area contributed by atoms with Crippen molar-refractivity contribution in [1.82, 2.24) is 15.5 Å². The van der Waals surface area contributed by atoms with Crippen molar-refractivity contribution in [1.29, 1.82) is 0 Å². The molecule has 106 valence electrons. The predicted octanol–water partition coefficient (Wildman–Crippen LogP) is 1.29. The van der Waals surface area contributed by atoms with Gasteiger partial charge in [-0.05, 0) is 31.5 Å². The van der Waals surface area contributed by atoms with E-state index in [0.29, 0.717) is 24.5 Å². The number of nitrogens with two attached hydrogens (primary N) is 1. The molecule has 1 aromatic carbocycles. The lowest BCUT2D eigenvalue weighted by atomic mass is 9.83. The third kappa shape index (κ3) is 3.14. The van der Waals surface area contributed by atoms with Gasteiger partial charge in [-0.1, -0.05) is 17.3 Å². The van der Waals surface area contributed by atoms with Crippen LogP contribution in [0, 0.1) is 0 Å². The first kappa shape index (κ1) is 14.0. The summed E-state index contributed by atoms with van der Waals surface area (Å²) in [5.74, 6) is 0.456. The molecular formula is C14H18N4O2. The van der Waals surface area contributed by atoms with Crippen molar-refractivity contribution in [3.8, 4) is 0 Å². The maximum absolute atomic E-state index is 12.3. The van der Waals surface area contributed by atoms with Crippen molar-refractivity contribution in [2.75, 3.05) is 12.3 Å². The summed E-state index contributed by atoms with van der Waals surface area (Å²) in [6.07, 6.45) is 1.86. The van der Waals surface area contributed by atoms with Crippen LogP contribution >= 0.6 is 0 Å². The highest BCUT2D eigenvalue weighted by Gasteiger charge is 2.29. The van der Waals surface area contributed by atoms with Gasteiger partial charge in [-0.3, -0.25) is 4.79 Å². The quantitative estimate of drug-likeness (QED) is 0.801. The van der Waals surface area contributed by atoms with Crippen LogP contribution in [0.3, 0.4) is 0 Å². The average molecular weight is 274 g/mol. The van der Waals surface area contributed by atoms with Crippen LogP contribution < -0.4 is 11.1 Å². The summed E-state index contributed by atoms with van der Waals surface area (Å²) < 4.78 is 4.87. The third-order valence-corrected chi connectivity index (χ3v) is 3.23. The average Bonchev–Trinajstić information content (AvgIpc) is 2.92. The molecule has 0 spiro atoms. The monoisotopic (exact) mass is 274 g/mol. The minimum Gasteiger partial charge on any atom is -0.399 e. The van der Waals surface area contributed by atoms with E-state index in [1.54, 1.807) is 12.1 Å². The molecule has 0 bridgehead atoms. The molecule has 6 heteroatoms. The summed E-state index contributed by atoms with van der Waals surface area (Å²) in [6, 6.07) is 7.32. The molecule has 1 heterocycles. The Morgan fingerprint density at radius 1 is 1.35 bits per heavy atom. The van der Waals surface area contributed by atoms with Gasteiger partial charge in [0.1, 0.15) is 0 Å². The molecule has 1 aromatic heterocycles. The summed E-state index contributed by atoms with van der Waals surface area (Å²) in [7, 11) is 0. The number of aromatic nitrogens is 2. The fourth-order valence-electron chi connectivity index (χ4n) is 1.84. The van der Waals surface area contributed by atoms with E-state index >= 15 is 0 Å². The molecule has 2 aromatic rings. The summed E-state index contributed by atoms with van der Waals surface area (Å²) >= 11 is 0. The van der Waals surface area contributed by atoms with Gasteiger partial charge in [0.2, 0.25) is 11.8 Å². The number of hydrogen-bond donors (Lipinski definition) is 2. The van der Waals surface area contributed by atoms with Gasteiger partial charge in [0.25, 0.3) is 0 Å². The van der Waals surface area contributed by atoms with Crippen LogP contribution in [0.5, 0.6) is 0 Å². The lowest BCUT2D eigenvalue weighted by Gasteiger charge is -2.24. The summed E-state index contributed by atoms with van der Waals surface area (Å²) in [4.78, 5) is 16.2. The molecule has 6 nitrogen and oxygen atoms in total. The molecule has 0 radical (unpaired) electrons. The summed E-state index contributed by atoms with van der Waals surface area (Å²) in [5, 5.41) is 6.39. The van der Waals surface area contributed by atoms with Crippen LogP contribution in [0.1, 0.15) is 25.3 Å². The van der Waals surface area contributed by atoms with Crippen LogP contribution in [0.4, 0.5) is 5.69 Å². The lowest BCUT2D eigenvalue weighted by molar-refractivity contribution is -0.125. The van der Waals surface area contributed by atoms with Crippen LogP contribution in [-0.2, 0) is 16.6 Å². The Hall–Kier alpha value is -2.37. The van der Waals surface area contributed by atoms with E-state index in [2.05, 4.69) is 15.5 Å². The van der Waals surface area contributed by atoms with E-state index in [4.69, 9.17) is 10.3 Å². The maximum Gasteiger partial charge on any atom is 0.230 e. The number of carbonyl (C=O) groups excluding carboxylic acids is 1. The van der Waals surface area contributed by atoms with Gasteiger partial charge in [-0.2, -0.15) is 4.98 Å². The Balaban J connectivity index is 1.94. The standard InChI is InChI=1S/C14H18N4O2/c1-14(2,10-3-5-11(15)6-4-10)13(19)16-8-7-12-17-9-18-20-12/h3-6,9H,7-8,15H2,1-2H3,(H,16,19). The Bertz CT molecular complexity index is 561. The fraction of sp³-hybridized carbons (Fsp3) is 0.357. The van der Waals surface area contributed by atoms with Crippen molar-refractivity contribution in [2.45, 2.75) is 25.7 Å². The number of benzene rings is 1. The number of nitrogens with zero attached hydrogens (tertiary/aromatic N) is 2. The van der Waals surface area contributed by atoms with Crippen molar-refractivity contribution in [3.63, 3.8) is 0 Å². The van der Waals surface area contributed by atoms with E-state index in [1.807, 2.05) is 26.0 Å². The second-order valence-corrected chi connectivity index (χ2v) is 5.09. The first-order chi connectivity index (χ1) is 9.50. The van der Waals surface area contributed by atoms with E-state index in [-0.39, 0.29) is 5.91 Å². The molecule has 20 heavy (non-hydrogen) atoms. The van der Waals surface area contributed by atoms with E-state index in [9.17, 15) is 4.79 Å². The summed E-state index contributed by atoms with van der Waals surface area (Å²) in [6.45, 7) is 4.21. The Kier molecular flexibility index (Phi) is 4.02. The smallest absolute Gasteiger partial charge is 0.230 e. The lowest BCUT2D eigenvalue weighted by Crippen LogP contribution is -2.40. The van der Waals surface area contributed by atoms with Gasteiger partial charge in [0.05, 0.1) is 5.41 Å². The molecule has 0 atom stereocenters. The normalized spacial score (nSPS) is 11.3. The third-order valence-electron chi connectivity index (χ3n) is 3.23. The first-order valence-corrected chi connectivity index (χ1v) is 6.40. The van der Waals surface area contributed by atoms with Crippen molar-refractivity contribution in [2.24, 2.45) is 0 Å². The van der Waals surface area contributed by atoms with Crippen LogP contribution in [0.2, 0.25) is 0 Å². The highest BCUT2D eigenvalue weighted by atomic mass is 16.5. The molecule has 3 N–H and O–H groups in total. The van der Waals surface area contributed by atoms with Gasteiger partial charge in [0.15, 0.2) is 6.33 Å². The zero-order valence-corrected chi connectivity index (χ0v) is 11.6. The Morgan fingerprint density at radius 2 is 2.05 bits per heavy atom. The van der Waals surface area contributed by atoms with Gasteiger partial charge in [-0.15, -0.1) is 0 Å². The number of anilines is 1. The van der Waals surface area contributed by atoms with Crippen molar-refractivity contribution >= 4 is 11.6 Å². The molecule has 0 fully saturated rings. The number of hydrogen-bond acceptors (Lipinski definition) is 5. The number of nitrogens with one attached hydrogen (secondary N) is 1. The number of rotatable bonds is 5. The fourth-order valence-corrected chi connectivity index (χ4v) is 1.84. The number of amides is 1. The number of carbonyl (C=O) groups is 1. The highest BCUT2D eigenvalue weighted by Crippen LogP contribution is 2.24. The van der Waals surface area contributed by atoms with Gasteiger partial charge < -0.3 is 15.6 Å². The predicted molar refractivity (Wildman–Crippen MR) is 74.9 cm³/mol. The molecule has 0 saturated carbocycles. The Labute approximate surface area is 117 Å². The first-order valence-electron chi connectivity index (χ1n) is 6.40. The highest BCUT2D eigenvalue weighted by molar-refractivity contribution is 5.87. The van der Waals surface area contributed by atoms with Crippen LogP contribution in [0.15, 0.2) is 35.1 Å². The topological polar surface area (TPSA) is 94.0 Å². The minimum atomic E-state index is -0.622. The minimum absolute atomic E-state index is 0.0539. The largest absolute Gasteiger partial charge is 0.399 e. The van der Waals surface area contributed by atoms with Crippen molar-refractivity contribution < 1.29 is 9.32 Å².